The summed E-state index contributed by atoms with van der Waals surface area (Å²) in [6.07, 6.45) is -0.0466. The van der Waals surface area contributed by atoms with Crippen LogP contribution in [0.3, 0.4) is 0 Å². The first-order valence-electron chi connectivity index (χ1n) is 11.1. The Morgan fingerprint density at radius 2 is 1.67 bits per heavy atom. The third kappa shape index (κ3) is 5.83. The second-order valence-electron chi connectivity index (χ2n) is 8.44. The number of hydrogen-bond acceptors (Lipinski definition) is 7. The van der Waals surface area contributed by atoms with Crippen molar-refractivity contribution in [3.05, 3.63) is 116 Å². The van der Waals surface area contributed by atoms with Crippen molar-refractivity contribution in [2.75, 3.05) is 0 Å². The average molecular weight is 564 g/mol. The van der Waals surface area contributed by atoms with E-state index < -0.39 is 47.9 Å². The quantitative estimate of drug-likeness (QED) is 0.190. The van der Waals surface area contributed by atoms with Gasteiger partial charge in [0.25, 0.3) is 21.4 Å². The van der Waals surface area contributed by atoms with Crippen LogP contribution >= 0.6 is 0 Å². The van der Waals surface area contributed by atoms with Gasteiger partial charge in [-0.15, -0.1) is 0 Å². The van der Waals surface area contributed by atoms with Gasteiger partial charge in [-0.25, -0.2) is 8.42 Å². The molecule has 11 nitrogen and oxygen atoms in total. The number of nitrogens with zero attached hydrogens (tertiary/aromatic N) is 4. The summed E-state index contributed by atoms with van der Waals surface area (Å²) in [6, 6.07) is 9.65. The lowest BCUT2D eigenvalue weighted by Gasteiger charge is -2.21. The van der Waals surface area contributed by atoms with Gasteiger partial charge in [-0.3, -0.25) is 20.2 Å². The number of benzene rings is 2. The van der Waals surface area contributed by atoms with E-state index in [9.17, 15) is 41.8 Å². The minimum absolute atomic E-state index is 0.225. The summed E-state index contributed by atoms with van der Waals surface area (Å²) >= 11 is 0. The van der Waals surface area contributed by atoms with Crippen molar-refractivity contribution in [3.63, 3.8) is 0 Å². The van der Waals surface area contributed by atoms with Gasteiger partial charge in [0.2, 0.25) is 0 Å². The highest BCUT2D eigenvalue weighted by molar-refractivity contribution is 7.89. The lowest BCUT2D eigenvalue weighted by molar-refractivity contribution is -0.396. The molecule has 0 amide bonds. The molecular formula is C24H19F3N4O7S. The zero-order valence-electron chi connectivity index (χ0n) is 20.0. The number of sulfonamides is 1. The van der Waals surface area contributed by atoms with Crippen LogP contribution in [0.4, 0.5) is 24.5 Å². The number of rotatable bonds is 9. The van der Waals surface area contributed by atoms with Crippen molar-refractivity contribution in [2.24, 2.45) is 0 Å². The monoisotopic (exact) mass is 564 g/mol. The Balaban J connectivity index is 1.73. The predicted octanol–water partition coefficient (Wildman–Crippen LogP) is 5.61. The molecule has 0 aliphatic rings. The van der Waals surface area contributed by atoms with Crippen LogP contribution in [0.1, 0.15) is 22.5 Å². The van der Waals surface area contributed by atoms with Gasteiger partial charge in [0.15, 0.2) is 4.90 Å². The van der Waals surface area contributed by atoms with E-state index in [1.54, 1.807) is 13.1 Å². The van der Waals surface area contributed by atoms with Crippen molar-refractivity contribution < 1.29 is 35.9 Å². The molecule has 0 saturated heterocycles. The topological polar surface area (TPSA) is 142 Å². The molecule has 0 fully saturated rings. The zero-order valence-corrected chi connectivity index (χ0v) is 20.8. The molecule has 0 unspecified atom stereocenters. The molecule has 0 saturated carbocycles. The van der Waals surface area contributed by atoms with E-state index in [-0.39, 0.29) is 18.8 Å². The van der Waals surface area contributed by atoms with Crippen LogP contribution in [0.25, 0.3) is 5.69 Å². The van der Waals surface area contributed by atoms with Crippen molar-refractivity contribution >= 4 is 21.4 Å². The molecule has 0 spiro atoms. The minimum atomic E-state index is -4.61. The first-order chi connectivity index (χ1) is 18.3. The number of nitro groups is 2. The summed E-state index contributed by atoms with van der Waals surface area (Å²) in [4.78, 5) is 20.1. The number of nitro benzene ring substituents is 2. The Bertz CT molecular complexity index is 1630. The van der Waals surface area contributed by atoms with Crippen LogP contribution in [0.15, 0.2) is 82.6 Å². The van der Waals surface area contributed by atoms with Gasteiger partial charge >= 0.3 is 6.18 Å². The number of hydrogen-bond donors (Lipinski definition) is 0. The zero-order chi connectivity index (χ0) is 28.5. The molecule has 204 valence electrons. The Kier molecular flexibility index (Phi) is 7.30. The Morgan fingerprint density at radius 3 is 2.23 bits per heavy atom. The average Bonchev–Trinajstić information content (AvgIpc) is 3.52. The van der Waals surface area contributed by atoms with Crippen molar-refractivity contribution in [2.45, 2.75) is 31.1 Å². The first kappa shape index (κ1) is 27.5. The van der Waals surface area contributed by atoms with E-state index in [2.05, 4.69) is 0 Å². The summed E-state index contributed by atoms with van der Waals surface area (Å²) in [5.74, 6) is 0.225. The van der Waals surface area contributed by atoms with Crippen LogP contribution < -0.4 is 0 Å². The first-order valence-corrected chi connectivity index (χ1v) is 12.5. The molecule has 4 rings (SSSR count). The van der Waals surface area contributed by atoms with E-state index in [1.807, 2.05) is 0 Å². The molecule has 0 N–H and O–H groups in total. The van der Waals surface area contributed by atoms with E-state index in [4.69, 9.17) is 4.42 Å². The minimum Gasteiger partial charge on any atom is -0.468 e. The van der Waals surface area contributed by atoms with E-state index in [0.717, 1.165) is 28.6 Å². The molecule has 0 bridgehead atoms. The Hall–Kier alpha value is -4.50. The normalized spacial score (nSPS) is 12.1. The molecule has 4 aromatic rings. The van der Waals surface area contributed by atoms with E-state index in [1.165, 1.54) is 41.3 Å². The molecular weight excluding hydrogens is 545 g/mol. The number of aryl methyl sites for hydroxylation is 1. The standard InChI is InChI=1S/C24H19F3N4O7S/c1-16-12-28(19-6-4-18(5-7-19)24(25,26)27)13-17(16)14-29(15-21-3-2-10-38-21)39(36,37)23-9-8-20(30(32)33)11-22(23)31(34)35/h2-13H,14-15H2,1H3. The van der Waals surface area contributed by atoms with Crippen LogP contribution in [-0.2, 0) is 29.3 Å². The number of halogens is 3. The summed E-state index contributed by atoms with van der Waals surface area (Å²) < 4.78 is 73.9. The molecule has 0 atom stereocenters. The van der Waals surface area contributed by atoms with Gasteiger partial charge in [0.05, 0.1) is 34.3 Å². The number of furan rings is 1. The number of non-ortho nitro benzene ring substituents is 1. The summed E-state index contributed by atoms with van der Waals surface area (Å²) in [5.41, 5.74) is -1.00. The molecule has 2 heterocycles. The molecule has 0 aliphatic carbocycles. The van der Waals surface area contributed by atoms with Gasteiger partial charge in [-0.05, 0) is 60.5 Å². The van der Waals surface area contributed by atoms with Crippen LogP contribution in [0.2, 0.25) is 0 Å². The summed E-state index contributed by atoms with van der Waals surface area (Å²) in [6.45, 7) is 1.05. The van der Waals surface area contributed by atoms with Crippen molar-refractivity contribution in [1.29, 1.82) is 0 Å². The summed E-state index contributed by atoms with van der Waals surface area (Å²) in [5, 5.41) is 22.7. The van der Waals surface area contributed by atoms with Crippen LogP contribution in [0, 0.1) is 27.2 Å². The Morgan fingerprint density at radius 1 is 0.974 bits per heavy atom. The fourth-order valence-corrected chi connectivity index (χ4v) is 5.37. The molecule has 2 aromatic heterocycles. The third-order valence-electron chi connectivity index (χ3n) is 5.85. The Labute approximate surface area is 219 Å². The van der Waals surface area contributed by atoms with Gasteiger partial charge in [-0.1, -0.05) is 0 Å². The second kappa shape index (κ2) is 10.3. The maximum absolute atomic E-state index is 13.7. The SMILES string of the molecule is Cc1cn(-c2ccc(C(F)(F)F)cc2)cc1CN(Cc1ccco1)S(=O)(=O)c1ccc([N+](=O)[O-])cc1[N+](=O)[O-]. The lowest BCUT2D eigenvalue weighted by atomic mass is 10.2. The fraction of sp³-hybridized carbons (Fsp3) is 0.167. The largest absolute Gasteiger partial charge is 0.468 e. The van der Waals surface area contributed by atoms with E-state index in [0.29, 0.717) is 22.9 Å². The molecule has 0 radical (unpaired) electrons. The van der Waals surface area contributed by atoms with Gasteiger partial charge in [0, 0.05) is 30.7 Å². The van der Waals surface area contributed by atoms with Crippen molar-refractivity contribution in [1.82, 2.24) is 8.87 Å². The molecule has 0 aliphatic heterocycles. The smallest absolute Gasteiger partial charge is 0.416 e. The lowest BCUT2D eigenvalue weighted by Crippen LogP contribution is -2.30. The third-order valence-corrected chi connectivity index (χ3v) is 7.69. The van der Waals surface area contributed by atoms with E-state index >= 15 is 0 Å². The maximum atomic E-state index is 13.7. The van der Waals surface area contributed by atoms with Crippen molar-refractivity contribution in [3.8, 4) is 5.69 Å². The highest BCUT2D eigenvalue weighted by Gasteiger charge is 2.35. The van der Waals surface area contributed by atoms with Gasteiger partial charge < -0.3 is 8.98 Å². The highest BCUT2D eigenvalue weighted by Crippen LogP contribution is 2.33. The van der Waals surface area contributed by atoms with Gasteiger partial charge in [-0.2, -0.15) is 17.5 Å². The molecule has 15 heteroatoms. The van der Waals surface area contributed by atoms with Gasteiger partial charge in [0.1, 0.15) is 5.76 Å². The predicted molar refractivity (Wildman–Crippen MR) is 130 cm³/mol. The number of alkyl halides is 3. The second-order valence-corrected chi connectivity index (χ2v) is 10.3. The molecule has 39 heavy (non-hydrogen) atoms. The van der Waals surface area contributed by atoms with Crippen LogP contribution in [0.5, 0.6) is 0 Å². The highest BCUT2D eigenvalue weighted by atomic mass is 32.2. The number of aromatic nitrogens is 1. The molecule has 2 aromatic carbocycles. The summed E-state index contributed by atoms with van der Waals surface area (Å²) in [7, 11) is -4.61. The maximum Gasteiger partial charge on any atom is 0.416 e. The fourth-order valence-electron chi connectivity index (χ4n) is 3.85. The van der Waals surface area contributed by atoms with Crippen LogP contribution in [-0.4, -0.2) is 27.1 Å².